The molecule has 2 aliphatic heterocycles. The average molecular weight is 269 g/mol. The molecule has 0 atom stereocenters. The molecule has 0 saturated heterocycles. The Morgan fingerprint density at radius 1 is 1.15 bits per heavy atom. The highest BCUT2D eigenvalue weighted by Gasteiger charge is 2.24. The highest BCUT2D eigenvalue weighted by molar-refractivity contribution is 5.34. The quantitative estimate of drug-likeness (QED) is 0.651. The lowest BCUT2D eigenvalue weighted by atomic mass is 10.2. The van der Waals surface area contributed by atoms with Crippen molar-refractivity contribution in [2.24, 2.45) is 0 Å². The summed E-state index contributed by atoms with van der Waals surface area (Å²) in [6, 6.07) is 9.40. The number of hydrogen-bond acceptors (Lipinski definition) is 4. The second-order valence-corrected chi connectivity index (χ2v) is 5.36. The highest BCUT2D eigenvalue weighted by atomic mass is 16.5. The number of nitriles is 1. The Kier molecular flexibility index (Phi) is 4.00. The van der Waals surface area contributed by atoms with Gasteiger partial charge in [-0.05, 0) is 41.8 Å². The van der Waals surface area contributed by atoms with E-state index in [2.05, 4.69) is 16.3 Å². The number of hydrogen-bond donors (Lipinski definition) is 1. The van der Waals surface area contributed by atoms with Crippen molar-refractivity contribution in [3.63, 3.8) is 0 Å². The van der Waals surface area contributed by atoms with Gasteiger partial charge in [0, 0.05) is 32.7 Å². The van der Waals surface area contributed by atoms with Crippen molar-refractivity contribution >= 4 is 0 Å². The van der Waals surface area contributed by atoms with Crippen molar-refractivity contribution in [1.29, 1.82) is 5.26 Å². The topological polar surface area (TPSA) is 48.3 Å². The molecule has 20 heavy (non-hydrogen) atoms. The van der Waals surface area contributed by atoms with Crippen LogP contribution in [0.4, 0.5) is 0 Å². The molecule has 0 spiro atoms. The molecule has 1 N–H and O–H groups in total. The van der Waals surface area contributed by atoms with Crippen molar-refractivity contribution in [3.05, 3.63) is 41.0 Å². The summed E-state index contributed by atoms with van der Waals surface area (Å²) in [5, 5.41) is 12.1. The number of rotatable bonds is 5. The molecule has 0 aromatic heterocycles. The molecule has 0 aliphatic carbocycles. The van der Waals surface area contributed by atoms with Crippen molar-refractivity contribution < 1.29 is 4.74 Å². The lowest BCUT2D eigenvalue weighted by Gasteiger charge is -2.17. The monoisotopic (exact) mass is 269 g/mol. The first-order valence-electron chi connectivity index (χ1n) is 7.11. The molecule has 2 heterocycles. The van der Waals surface area contributed by atoms with E-state index in [1.165, 1.54) is 0 Å². The van der Waals surface area contributed by atoms with E-state index in [0.717, 1.165) is 51.5 Å². The van der Waals surface area contributed by atoms with Gasteiger partial charge in [0.2, 0.25) is 0 Å². The summed E-state index contributed by atoms with van der Waals surface area (Å²) < 4.78 is 5.70. The molecule has 0 fully saturated rings. The van der Waals surface area contributed by atoms with Crippen molar-refractivity contribution in [3.8, 4) is 11.8 Å². The van der Waals surface area contributed by atoms with E-state index in [-0.39, 0.29) is 0 Å². The van der Waals surface area contributed by atoms with Gasteiger partial charge in [-0.15, -0.1) is 0 Å². The van der Waals surface area contributed by atoms with Gasteiger partial charge in [0.05, 0.1) is 18.2 Å². The first kappa shape index (κ1) is 13.2. The first-order chi connectivity index (χ1) is 9.85. The van der Waals surface area contributed by atoms with Crippen molar-refractivity contribution in [2.75, 3.05) is 39.3 Å². The molecule has 0 radical (unpaired) electrons. The maximum Gasteiger partial charge on any atom is 0.119 e. The summed E-state index contributed by atoms with van der Waals surface area (Å²) in [6.07, 6.45) is 1.04. The Morgan fingerprint density at radius 2 is 1.85 bits per heavy atom. The number of benzene rings is 1. The van der Waals surface area contributed by atoms with E-state index in [9.17, 15) is 0 Å². The fourth-order valence-electron chi connectivity index (χ4n) is 2.81. The van der Waals surface area contributed by atoms with Gasteiger partial charge in [-0.1, -0.05) is 0 Å². The first-order valence-corrected chi connectivity index (χ1v) is 7.11. The average Bonchev–Trinajstić information content (AvgIpc) is 3.05. The Balaban J connectivity index is 1.35. The van der Waals surface area contributed by atoms with Crippen LogP contribution in [-0.4, -0.2) is 44.2 Å². The van der Waals surface area contributed by atoms with Gasteiger partial charge in [-0.25, -0.2) is 0 Å². The molecule has 0 saturated carbocycles. The largest absolute Gasteiger partial charge is 0.494 e. The fourth-order valence-corrected chi connectivity index (χ4v) is 2.81. The molecule has 2 aliphatic rings. The molecule has 104 valence electrons. The van der Waals surface area contributed by atoms with E-state index in [1.807, 2.05) is 12.1 Å². The molecule has 1 aromatic rings. The SMILES string of the molecule is N#Cc1ccc(OCCCN2CC3=C(CNC3)C2)cc1. The third-order valence-corrected chi connectivity index (χ3v) is 3.88. The van der Waals surface area contributed by atoms with Crippen LogP contribution < -0.4 is 10.1 Å². The summed E-state index contributed by atoms with van der Waals surface area (Å²) in [5.74, 6) is 0.843. The molecule has 4 heteroatoms. The number of nitrogens with one attached hydrogen (secondary N) is 1. The van der Waals surface area contributed by atoms with Gasteiger partial charge < -0.3 is 10.1 Å². The molecule has 0 bridgehead atoms. The third kappa shape index (κ3) is 3.01. The minimum absolute atomic E-state index is 0.670. The van der Waals surface area contributed by atoms with E-state index in [0.29, 0.717) is 5.56 Å². The smallest absolute Gasteiger partial charge is 0.119 e. The summed E-state index contributed by atoms with van der Waals surface area (Å²) in [7, 11) is 0. The molecule has 4 nitrogen and oxygen atoms in total. The second kappa shape index (κ2) is 6.08. The minimum atomic E-state index is 0.670. The fraction of sp³-hybridized carbons (Fsp3) is 0.438. The Bertz CT molecular complexity index is 526. The standard InChI is InChI=1S/C16H19N3O/c17-8-13-2-4-16(5-3-13)20-7-1-6-19-11-14-9-18-10-15(14)12-19/h2-5,18H,1,6-7,9-12H2. The van der Waals surface area contributed by atoms with Crippen LogP contribution in [0.2, 0.25) is 0 Å². The Hall–Kier alpha value is -1.83. The summed E-state index contributed by atoms with van der Waals surface area (Å²) in [6.45, 7) is 6.22. The van der Waals surface area contributed by atoms with Crippen molar-refractivity contribution in [2.45, 2.75) is 6.42 Å². The summed E-state index contributed by atoms with van der Waals surface area (Å²) in [5.41, 5.74) is 3.86. The van der Waals surface area contributed by atoms with Gasteiger partial charge in [0.1, 0.15) is 5.75 Å². The molecule has 0 amide bonds. The highest BCUT2D eigenvalue weighted by Crippen LogP contribution is 2.20. The van der Waals surface area contributed by atoms with Gasteiger partial charge in [-0.3, -0.25) is 4.90 Å². The van der Waals surface area contributed by atoms with Crippen molar-refractivity contribution in [1.82, 2.24) is 10.2 Å². The summed E-state index contributed by atoms with van der Waals surface area (Å²) >= 11 is 0. The van der Waals surface area contributed by atoms with Gasteiger partial charge in [-0.2, -0.15) is 5.26 Å². The molecular weight excluding hydrogens is 250 g/mol. The number of ether oxygens (including phenoxy) is 1. The Morgan fingerprint density at radius 3 is 2.50 bits per heavy atom. The summed E-state index contributed by atoms with van der Waals surface area (Å²) in [4.78, 5) is 2.49. The van der Waals surface area contributed by atoms with E-state index in [4.69, 9.17) is 10.00 Å². The zero-order valence-electron chi connectivity index (χ0n) is 11.6. The predicted molar refractivity (Wildman–Crippen MR) is 77.6 cm³/mol. The molecular formula is C16H19N3O. The number of nitrogens with zero attached hydrogens (tertiary/aromatic N) is 2. The predicted octanol–water partition coefficient (Wildman–Crippen LogP) is 1.54. The van der Waals surface area contributed by atoms with Crippen LogP contribution in [0.5, 0.6) is 5.75 Å². The third-order valence-electron chi connectivity index (χ3n) is 3.88. The van der Waals surface area contributed by atoms with E-state index in [1.54, 1.807) is 23.3 Å². The van der Waals surface area contributed by atoms with Crippen LogP contribution in [0, 0.1) is 11.3 Å². The van der Waals surface area contributed by atoms with E-state index < -0.39 is 0 Å². The maximum atomic E-state index is 8.73. The van der Waals surface area contributed by atoms with E-state index >= 15 is 0 Å². The Labute approximate surface area is 119 Å². The van der Waals surface area contributed by atoms with Gasteiger partial charge in [0.25, 0.3) is 0 Å². The molecule has 0 unspecified atom stereocenters. The second-order valence-electron chi connectivity index (χ2n) is 5.36. The molecule has 3 rings (SSSR count). The van der Waals surface area contributed by atoms with Gasteiger partial charge in [0.15, 0.2) is 0 Å². The maximum absolute atomic E-state index is 8.73. The molecule has 1 aromatic carbocycles. The van der Waals surface area contributed by atoms with Crippen LogP contribution in [0.25, 0.3) is 0 Å². The van der Waals surface area contributed by atoms with Crippen LogP contribution >= 0.6 is 0 Å². The zero-order valence-corrected chi connectivity index (χ0v) is 11.6. The lowest BCUT2D eigenvalue weighted by molar-refractivity contribution is 0.263. The van der Waals surface area contributed by atoms with Crippen LogP contribution in [0.3, 0.4) is 0 Å². The van der Waals surface area contributed by atoms with Crippen LogP contribution in [0.1, 0.15) is 12.0 Å². The normalized spacial score (nSPS) is 18.1. The minimum Gasteiger partial charge on any atom is -0.494 e. The van der Waals surface area contributed by atoms with Gasteiger partial charge >= 0.3 is 0 Å². The lowest BCUT2D eigenvalue weighted by Crippen LogP contribution is -2.28. The van der Waals surface area contributed by atoms with Crippen LogP contribution in [-0.2, 0) is 0 Å². The zero-order chi connectivity index (χ0) is 13.8. The van der Waals surface area contributed by atoms with Crippen LogP contribution in [0.15, 0.2) is 35.4 Å².